The predicted molar refractivity (Wildman–Crippen MR) is 81.0 cm³/mol. The van der Waals surface area contributed by atoms with Gasteiger partial charge < -0.3 is 10.0 Å². The highest BCUT2D eigenvalue weighted by atomic mass is 32.2. The molecule has 0 spiro atoms. The third-order valence-corrected chi connectivity index (χ3v) is 5.05. The number of phenolic OH excluding ortho intramolecular Hbond substituents is 1. The molecule has 1 aromatic rings. The summed E-state index contributed by atoms with van der Waals surface area (Å²) in [6.07, 6.45) is 3.22. The zero-order chi connectivity index (χ0) is 18.1. The number of amides is 1. The van der Waals surface area contributed by atoms with Gasteiger partial charge in [-0.05, 0) is 31.7 Å². The van der Waals surface area contributed by atoms with Gasteiger partial charge in [0.2, 0.25) is 5.82 Å². The van der Waals surface area contributed by atoms with Gasteiger partial charge in [-0.3, -0.25) is 4.79 Å². The number of likely N-dealkylation sites (tertiary alicyclic amines) is 1. The van der Waals surface area contributed by atoms with Gasteiger partial charge in [-0.2, -0.15) is 4.39 Å². The zero-order valence-corrected chi connectivity index (χ0v) is 13.9. The molecule has 2 rings (SSSR count). The average molecular weight is 365 g/mol. The molecule has 1 N–H and O–H groups in total. The molecule has 0 unspecified atom stereocenters. The third kappa shape index (κ3) is 4.00. The lowest BCUT2D eigenvalue weighted by molar-refractivity contribution is 0.0602. The van der Waals surface area contributed by atoms with Crippen LogP contribution in [0, 0.1) is 17.5 Å². The number of carbonyl (C=O) groups is 1. The summed E-state index contributed by atoms with van der Waals surface area (Å²) in [5.74, 6) is -7.36. The molecule has 1 aliphatic rings. The van der Waals surface area contributed by atoms with E-state index in [9.17, 15) is 31.5 Å². The summed E-state index contributed by atoms with van der Waals surface area (Å²) in [6, 6.07) is -0.0229. The minimum Gasteiger partial charge on any atom is -0.503 e. The largest absolute Gasteiger partial charge is 0.503 e. The van der Waals surface area contributed by atoms with Crippen LogP contribution in [0.25, 0.3) is 0 Å². The number of piperidine rings is 1. The molecule has 0 bridgehead atoms. The van der Waals surface area contributed by atoms with E-state index in [0.29, 0.717) is 18.9 Å². The monoisotopic (exact) mass is 365 g/mol. The maximum atomic E-state index is 14.0. The standard InChI is InChI=1S/C15H18F3NO4S/c1-24(22,23)7-5-9-4-2-3-6-19(9)15(21)10-8-11(16)13(18)14(20)12(10)17/h8-9,20H,2-7H2,1H3/t9-/m0/s1. The van der Waals surface area contributed by atoms with Gasteiger partial charge in [0.15, 0.2) is 17.4 Å². The Hall–Kier alpha value is -1.77. The molecular formula is C15H18F3NO4S. The molecule has 1 atom stereocenters. The van der Waals surface area contributed by atoms with Crippen LogP contribution in [0.5, 0.6) is 5.75 Å². The molecule has 1 heterocycles. The lowest BCUT2D eigenvalue weighted by Crippen LogP contribution is -2.44. The number of aromatic hydroxyl groups is 1. The second-order valence-corrected chi connectivity index (χ2v) is 8.21. The van der Waals surface area contributed by atoms with E-state index >= 15 is 0 Å². The van der Waals surface area contributed by atoms with Crippen LogP contribution in [0.4, 0.5) is 13.2 Å². The lowest BCUT2D eigenvalue weighted by atomic mass is 9.98. The highest BCUT2D eigenvalue weighted by Crippen LogP contribution is 2.29. The van der Waals surface area contributed by atoms with E-state index in [4.69, 9.17) is 0 Å². The minimum absolute atomic E-state index is 0.132. The van der Waals surface area contributed by atoms with Crippen LogP contribution in [0.1, 0.15) is 36.0 Å². The van der Waals surface area contributed by atoms with E-state index in [1.807, 2.05) is 0 Å². The predicted octanol–water partition coefficient (Wildman–Crippen LogP) is 2.24. The molecule has 1 aromatic carbocycles. The third-order valence-electron chi connectivity index (χ3n) is 4.07. The topological polar surface area (TPSA) is 74.7 Å². The van der Waals surface area contributed by atoms with Crippen molar-refractivity contribution < 1.29 is 31.5 Å². The van der Waals surface area contributed by atoms with E-state index in [0.717, 1.165) is 12.7 Å². The lowest BCUT2D eigenvalue weighted by Gasteiger charge is -2.36. The Balaban J connectivity index is 2.29. The van der Waals surface area contributed by atoms with Crippen molar-refractivity contribution in [1.29, 1.82) is 0 Å². The molecular weight excluding hydrogens is 347 g/mol. The first-order valence-electron chi connectivity index (χ1n) is 7.47. The second kappa shape index (κ2) is 7.00. The van der Waals surface area contributed by atoms with Crippen LogP contribution in [-0.4, -0.2) is 48.9 Å². The molecule has 1 saturated heterocycles. The van der Waals surface area contributed by atoms with Crippen LogP contribution in [0.2, 0.25) is 0 Å². The highest BCUT2D eigenvalue weighted by molar-refractivity contribution is 7.90. The van der Waals surface area contributed by atoms with Crippen LogP contribution < -0.4 is 0 Å². The summed E-state index contributed by atoms with van der Waals surface area (Å²) in [4.78, 5) is 13.8. The molecule has 0 aliphatic carbocycles. The number of phenols is 1. The fourth-order valence-electron chi connectivity index (χ4n) is 2.82. The molecule has 0 saturated carbocycles. The molecule has 5 nitrogen and oxygen atoms in total. The van der Waals surface area contributed by atoms with Gasteiger partial charge in [0.1, 0.15) is 9.84 Å². The highest BCUT2D eigenvalue weighted by Gasteiger charge is 2.31. The molecule has 24 heavy (non-hydrogen) atoms. The fraction of sp³-hybridized carbons (Fsp3) is 0.533. The van der Waals surface area contributed by atoms with E-state index in [2.05, 4.69) is 0 Å². The summed E-state index contributed by atoms with van der Waals surface area (Å²) in [7, 11) is -3.23. The van der Waals surface area contributed by atoms with Crippen LogP contribution in [0.3, 0.4) is 0 Å². The number of carbonyl (C=O) groups excluding carboxylic acids is 1. The Morgan fingerprint density at radius 1 is 1.29 bits per heavy atom. The Bertz CT molecular complexity index is 752. The SMILES string of the molecule is CS(=O)(=O)CC[C@@H]1CCCCN1C(=O)c1cc(F)c(F)c(O)c1F. The summed E-state index contributed by atoms with van der Waals surface area (Å²) in [5, 5.41) is 9.25. The van der Waals surface area contributed by atoms with Gasteiger partial charge in [-0.15, -0.1) is 0 Å². The van der Waals surface area contributed by atoms with E-state index < -0.39 is 50.6 Å². The number of halogens is 3. The number of benzene rings is 1. The quantitative estimate of drug-likeness (QED) is 0.831. The molecule has 1 aliphatic heterocycles. The van der Waals surface area contributed by atoms with Gasteiger partial charge in [-0.1, -0.05) is 0 Å². The average Bonchev–Trinajstić information content (AvgIpc) is 2.53. The first-order chi connectivity index (χ1) is 11.1. The summed E-state index contributed by atoms with van der Waals surface area (Å²) >= 11 is 0. The Kier molecular flexibility index (Phi) is 5.42. The van der Waals surface area contributed by atoms with Crippen molar-refractivity contribution in [3.8, 4) is 5.75 Å². The zero-order valence-electron chi connectivity index (χ0n) is 13.1. The Morgan fingerprint density at radius 2 is 1.96 bits per heavy atom. The number of nitrogens with zero attached hydrogens (tertiary/aromatic N) is 1. The van der Waals surface area contributed by atoms with Gasteiger partial charge >= 0.3 is 0 Å². The number of rotatable bonds is 4. The molecule has 1 fully saturated rings. The van der Waals surface area contributed by atoms with Crippen molar-refractivity contribution in [2.24, 2.45) is 0 Å². The summed E-state index contributed by atoms with van der Waals surface area (Å²) in [5.41, 5.74) is -0.766. The van der Waals surface area contributed by atoms with Gasteiger partial charge in [0.05, 0.1) is 11.3 Å². The van der Waals surface area contributed by atoms with Crippen molar-refractivity contribution >= 4 is 15.7 Å². The summed E-state index contributed by atoms with van der Waals surface area (Å²) in [6.45, 7) is 0.256. The molecule has 0 aromatic heterocycles. The fourth-order valence-corrected chi connectivity index (χ4v) is 3.52. The van der Waals surface area contributed by atoms with Crippen molar-refractivity contribution in [1.82, 2.24) is 4.90 Å². The molecule has 9 heteroatoms. The first-order valence-corrected chi connectivity index (χ1v) is 9.53. The van der Waals surface area contributed by atoms with Gasteiger partial charge in [0, 0.05) is 18.8 Å². The van der Waals surface area contributed by atoms with Crippen molar-refractivity contribution in [3.05, 3.63) is 29.1 Å². The van der Waals surface area contributed by atoms with Crippen LogP contribution in [0.15, 0.2) is 6.07 Å². The minimum atomic E-state index is -3.23. The molecule has 0 radical (unpaired) electrons. The van der Waals surface area contributed by atoms with Gasteiger partial charge in [-0.25, -0.2) is 17.2 Å². The smallest absolute Gasteiger partial charge is 0.257 e. The Labute approximate surface area is 138 Å². The van der Waals surface area contributed by atoms with Gasteiger partial charge in [0.25, 0.3) is 5.91 Å². The Morgan fingerprint density at radius 3 is 2.58 bits per heavy atom. The van der Waals surface area contributed by atoms with E-state index in [-0.39, 0.29) is 18.7 Å². The van der Waals surface area contributed by atoms with E-state index in [1.165, 1.54) is 4.90 Å². The van der Waals surface area contributed by atoms with Crippen molar-refractivity contribution in [3.63, 3.8) is 0 Å². The second-order valence-electron chi connectivity index (χ2n) is 5.95. The van der Waals surface area contributed by atoms with Crippen molar-refractivity contribution in [2.75, 3.05) is 18.6 Å². The summed E-state index contributed by atoms with van der Waals surface area (Å²) < 4.78 is 63.1. The maximum absolute atomic E-state index is 14.0. The van der Waals surface area contributed by atoms with Crippen molar-refractivity contribution in [2.45, 2.75) is 31.7 Å². The number of hydrogen-bond donors (Lipinski definition) is 1. The number of hydrogen-bond acceptors (Lipinski definition) is 4. The maximum Gasteiger partial charge on any atom is 0.257 e. The van der Waals surface area contributed by atoms with Crippen LogP contribution in [-0.2, 0) is 9.84 Å². The molecule has 1 amide bonds. The molecule has 134 valence electrons. The first kappa shape index (κ1) is 18.6. The normalized spacial score (nSPS) is 18.7. The van der Waals surface area contributed by atoms with Crippen LogP contribution >= 0.6 is 0 Å². The van der Waals surface area contributed by atoms with E-state index in [1.54, 1.807) is 0 Å². The number of sulfone groups is 1.